The largest absolute Gasteiger partial charge is 0.378 e. The van der Waals surface area contributed by atoms with Crippen molar-refractivity contribution in [2.24, 2.45) is 20.5 Å². The molecule has 29 nitrogen and oxygen atoms in total. The van der Waals surface area contributed by atoms with Crippen LogP contribution in [0.4, 0.5) is 79.3 Å². The first-order chi connectivity index (χ1) is 46.0. The Kier molecular flexibility index (Phi) is 24.4. The maximum Gasteiger partial charge on any atom is 0.294 e. The fraction of sp³-hybridized carbons (Fsp3) is 0.371. The Morgan fingerprint density at radius 3 is 1.60 bits per heavy atom. The number of rotatable bonds is 30. The van der Waals surface area contributed by atoms with Gasteiger partial charge in [-0.1, -0.05) is 59.9 Å². The van der Waals surface area contributed by atoms with E-state index in [2.05, 4.69) is 48.2 Å². The molecule has 34 heteroatoms. The van der Waals surface area contributed by atoms with Crippen molar-refractivity contribution in [1.82, 2.24) is 24.9 Å². The number of thiazole rings is 2. The van der Waals surface area contributed by atoms with Crippen LogP contribution < -0.4 is 40.9 Å². The van der Waals surface area contributed by atoms with E-state index in [9.17, 15) is 45.1 Å². The number of ketones is 2. The maximum atomic E-state index is 14.1. The molecule has 0 radical (unpaired) electrons. The number of unbranched alkanes of at least 4 members (excludes halogenated alkanes) is 1. The van der Waals surface area contributed by atoms with Gasteiger partial charge in [0.2, 0.25) is 28.1 Å². The lowest BCUT2D eigenvalue weighted by atomic mass is 10.0. The molecule has 9 rings (SSSR count). The second-order valence-electron chi connectivity index (χ2n) is 21.5. The van der Waals surface area contributed by atoms with Gasteiger partial charge in [-0.15, -0.1) is 20.5 Å². The van der Waals surface area contributed by atoms with E-state index in [0.717, 1.165) is 59.0 Å². The summed E-state index contributed by atoms with van der Waals surface area (Å²) in [6.45, 7) is 18.7. The quantitative estimate of drug-likeness (QED) is 0.00463. The molecular weight excluding hydrogens is 1340 g/mol. The van der Waals surface area contributed by atoms with E-state index in [1.165, 1.54) is 68.1 Å². The zero-order chi connectivity index (χ0) is 68.7. The molecule has 0 spiro atoms. The van der Waals surface area contributed by atoms with Crippen molar-refractivity contribution in [3.8, 4) is 0 Å². The van der Waals surface area contributed by atoms with Gasteiger partial charge in [0.05, 0.1) is 62.9 Å². The molecule has 1 atom stereocenters. The first kappa shape index (κ1) is 71.6. The molecule has 2 aliphatic heterocycles. The highest BCUT2D eigenvalue weighted by molar-refractivity contribution is 7.99. The van der Waals surface area contributed by atoms with Crippen LogP contribution >= 0.6 is 34.4 Å². The highest BCUT2D eigenvalue weighted by Crippen LogP contribution is 2.42. The summed E-state index contributed by atoms with van der Waals surface area (Å²) in [6, 6.07) is 21.3. The number of benzene rings is 4. The van der Waals surface area contributed by atoms with E-state index in [-0.39, 0.29) is 44.0 Å². The summed E-state index contributed by atoms with van der Waals surface area (Å²) in [5.74, 6) is -2.33. The molecule has 7 aromatic rings. The summed E-state index contributed by atoms with van der Waals surface area (Å²) in [6.07, 6.45) is 3.21. The van der Waals surface area contributed by atoms with Gasteiger partial charge in [-0.05, 0) is 127 Å². The first-order valence-corrected chi connectivity index (χ1v) is 36.3. The number of hydrogen-bond donors (Lipinski definition) is 6. The number of carbonyl (C=O) groups excluding carboxylic acids is 4. The Labute approximate surface area is 567 Å². The molecule has 2 aliphatic rings. The monoisotopic (exact) mass is 1410 g/mol. The van der Waals surface area contributed by atoms with Gasteiger partial charge in [0.15, 0.2) is 10.9 Å². The molecular formula is C62H73N17O12S5. The molecule has 0 aliphatic carbocycles. The minimum atomic E-state index is -4.61. The van der Waals surface area contributed by atoms with Crippen LogP contribution in [0.2, 0.25) is 0 Å². The second-order valence-corrected chi connectivity index (χ2v) is 27.5. The minimum Gasteiger partial charge on any atom is -0.378 e. The van der Waals surface area contributed by atoms with Crippen LogP contribution in [0.5, 0.6) is 0 Å². The van der Waals surface area contributed by atoms with Crippen LogP contribution in [-0.4, -0.2) is 159 Å². The van der Waals surface area contributed by atoms with Gasteiger partial charge >= 0.3 is 0 Å². The highest BCUT2D eigenvalue weighted by atomic mass is 32.2. The van der Waals surface area contributed by atoms with Crippen LogP contribution in [0.1, 0.15) is 77.0 Å². The summed E-state index contributed by atoms with van der Waals surface area (Å²) >= 11 is 3.53. The fourth-order valence-electron chi connectivity index (χ4n) is 10.1. The summed E-state index contributed by atoms with van der Waals surface area (Å²) in [5.41, 5.74) is 3.17. The second kappa shape index (κ2) is 32.8. The van der Waals surface area contributed by atoms with Gasteiger partial charge in [0.1, 0.15) is 34.7 Å². The number of nitrogens with one attached hydrogen (secondary N) is 4. The molecule has 2 fully saturated rings. The summed E-state index contributed by atoms with van der Waals surface area (Å²) < 4.78 is 78.3. The van der Waals surface area contributed by atoms with Gasteiger partial charge in [0.25, 0.3) is 26.1 Å². The van der Waals surface area contributed by atoms with Crippen molar-refractivity contribution in [1.29, 1.82) is 0 Å². The molecule has 3 aromatic heterocycles. The van der Waals surface area contributed by atoms with Crippen molar-refractivity contribution in [2.45, 2.75) is 82.2 Å². The van der Waals surface area contributed by atoms with Crippen molar-refractivity contribution in [3.63, 3.8) is 0 Å². The number of thioether (sulfide) groups is 1. The predicted octanol–water partition coefficient (Wildman–Crippen LogP) is 11.8. The Bertz CT molecular complexity index is 4300. The molecule has 0 bridgehead atoms. The predicted molar refractivity (Wildman–Crippen MR) is 373 cm³/mol. The van der Waals surface area contributed by atoms with Gasteiger partial charge in [0, 0.05) is 80.9 Å². The standard InChI is InChI=1S/C62H73N17O12S5/c1-8-13-32-92-60-70-58(65-49-35-42(76(9-2)10-3)20-22-47(49)72-74-61-67-54(78-24-28-90-29-25-78)51(93-61)37-46(38(6)80)56(82)63-40-16-14-18-44(33-40)95(84,85)86)69-59(71-60)66-50-36-43(77(11-4)12-5)21-23-48(50)73-75-62-68-55(79-26-30-91-31-27-79)53(94-62)52(39(7)81)57(83)64-41-17-15-19-45(34-41)96(87,88)89/h14-23,33-37,52H,8-13,24-32H2,1-7H3,(H,63,82)(H,64,83)(H,84,85,86)(H,87,88,89)(H2,65,66,69,70,71)/b46-37+,74-72?,75-73?. The van der Waals surface area contributed by atoms with E-state index < -0.39 is 59.3 Å². The molecule has 6 N–H and O–H groups in total. The maximum absolute atomic E-state index is 14.1. The molecule has 4 aromatic carbocycles. The van der Waals surface area contributed by atoms with Crippen molar-refractivity contribution >= 4 is 163 Å². The minimum absolute atomic E-state index is 0.0307. The number of Topliss-reactive ketones (excluding diaryl/α,β-unsaturated/α-hetero) is 2. The number of carbonyl (C=O) groups is 4. The van der Waals surface area contributed by atoms with Gasteiger partial charge in [-0.3, -0.25) is 28.3 Å². The summed E-state index contributed by atoms with van der Waals surface area (Å²) in [7, 11) is -9.20. The Hall–Kier alpha value is -8.74. The summed E-state index contributed by atoms with van der Waals surface area (Å²) in [4.78, 5) is 87.0. The van der Waals surface area contributed by atoms with Crippen LogP contribution in [0, 0.1) is 0 Å². The average molecular weight is 1410 g/mol. The lowest BCUT2D eigenvalue weighted by molar-refractivity contribution is -0.126. The number of ether oxygens (including phenoxy) is 2. The number of morpholine rings is 2. The number of azo groups is 2. The average Bonchev–Trinajstić information content (AvgIpc) is 1.60. The lowest BCUT2D eigenvalue weighted by Gasteiger charge is -2.28. The van der Waals surface area contributed by atoms with Crippen molar-refractivity contribution < 1.29 is 54.6 Å². The number of anilines is 10. The smallest absolute Gasteiger partial charge is 0.294 e. The molecule has 2 saturated heterocycles. The van der Waals surface area contributed by atoms with Crippen LogP contribution in [0.25, 0.3) is 6.08 Å². The van der Waals surface area contributed by atoms with Crippen LogP contribution in [-0.2, 0) is 48.9 Å². The van der Waals surface area contributed by atoms with E-state index >= 15 is 0 Å². The molecule has 1 unspecified atom stereocenters. The first-order valence-electron chi connectivity index (χ1n) is 30.8. The third-order valence-corrected chi connectivity index (χ3v) is 19.5. The Morgan fingerprint density at radius 2 is 1.12 bits per heavy atom. The highest BCUT2D eigenvalue weighted by Gasteiger charge is 2.34. The van der Waals surface area contributed by atoms with E-state index in [1.54, 1.807) is 12.1 Å². The van der Waals surface area contributed by atoms with Gasteiger partial charge in [-0.25, -0.2) is 0 Å². The number of amides is 2. The molecule has 2 amide bonds. The van der Waals surface area contributed by atoms with E-state index in [4.69, 9.17) is 44.6 Å². The van der Waals surface area contributed by atoms with E-state index in [0.29, 0.717) is 129 Å². The lowest BCUT2D eigenvalue weighted by Crippen LogP contribution is -2.38. The normalized spacial score (nSPS) is 14.2. The van der Waals surface area contributed by atoms with Crippen molar-refractivity contribution in [2.75, 3.05) is 125 Å². The third kappa shape index (κ3) is 18.6. The molecule has 508 valence electrons. The third-order valence-electron chi connectivity index (χ3n) is 15.0. The van der Waals surface area contributed by atoms with Gasteiger partial charge < -0.3 is 50.3 Å². The number of nitrogens with zero attached hydrogens (tertiary/aromatic N) is 13. The SMILES string of the molecule is CCCCSc1nc(Nc2cc(N(CC)CC)ccc2N=Nc2nc(N3CCOCC3)c(/C=C(\C(C)=O)C(=O)Nc3cccc(S(=O)(=O)O)c3)s2)nc(Nc2cc(N(CC)CC)ccc2N=Nc2nc(N3CCOCC3)c(C(C(C)=O)C(=O)Nc3cccc(S(=O)(=O)O)c3)s2)n1. The zero-order valence-electron chi connectivity index (χ0n) is 53.7. The topological polar surface area (TPSA) is 370 Å². The van der Waals surface area contributed by atoms with Crippen LogP contribution in [0.3, 0.4) is 0 Å². The zero-order valence-corrected chi connectivity index (χ0v) is 57.8. The summed E-state index contributed by atoms with van der Waals surface area (Å²) in [5, 5.41) is 31.5. The number of hydrogen-bond acceptors (Lipinski definition) is 28. The fourth-order valence-corrected chi connectivity index (χ4v) is 14.0. The van der Waals surface area contributed by atoms with E-state index in [1.807, 2.05) is 61.8 Å². The Morgan fingerprint density at radius 1 is 0.635 bits per heavy atom. The molecule has 0 saturated carbocycles. The van der Waals surface area contributed by atoms with Crippen LogP contribution in [0.15, 0.2) is 126 Å². The molecule has 5 heterocycles. The van der Waals surface area contributed by atoms with Crippen molar-refractivity contribution in [3.05, 3.63) is 100 Å². The Balaban J connectivity index is 1.07. The molecule has 96 heavy (non-hydrogen) atoms. The van der Waals surface area contributed by atoms with Gasteiger partial charge in [-0.2, -0.15) is 41.8 Å². The number of aromatic nitrogens is 5.